The number of hydrogen-bond donors (Lipinski definition) is 0. The van der Waals surface area contributed by atoms with Gasteiger partial charge >= 0.3 is 0 Å². The first-order valence-electron chi connectivity index (χ1n) is 5.90. The molecule has 0 atom stereocenters. The maximum Gasteiger partial charge on any atom is 0.133 e. The van der Waals surface area contributed by atoms with Crippen molar-refractivity contribution in [2.45, 2.75) is 31.0 Å². The molecule has 0 aliphatic carbocycles. The lowest BCUT2D eigenvalue weighted by Gasteiger charge is -2.06. The minimum Gasteiger partial charge on any atom is -0.226 e. The predicted octanol–water partition coefficient (Wildman–Crippen LogP) is 4.29. The molecule has 2 rings (SSSR count). The normalized spacial score (nSPS) is 10.6. The van der Waals surface area contributed by atoms with Crippen molar-refractivity contribution in [3.8, 4) is 0 Å². The lowest BCUT2D eigenvalue weighted by Crippen LogP contribution is -1.95. The van der Waals surface area contributed by atoms with E-state index in [1.807, 2.05) is 13.0 Å². The second-order valence-electron chi connectivity index (χ2n) is 4.01. The van der Waals surface area contributed by atoms with E-state index >= 15 is 0 Å². The van der Waals surface area contributed by atoms with Gasteiger partial charge in [0, 0.05) is 18.2 Å². The van der Waals surface area contributed by atoms with Gasteiger partial charge in [-0.2, -0.15) is 0 Å². The van der Waals surface area contributed by atoms with Gasteiger partial charge in [0.05, 0.1) is 0 Å². The van der Waals surface area contributed by atoms with Gasteiger partial charge in [0.15, 0.2) is 0 Å². The zero-order valence-electron chi connectivity index (χ0n) is 10.5. The highest BCUT2D eigenvalue weighted by Crippen LogP contribution is 2.24. The summed E-state index contributed by atoms with van der Waals surface area (Å²) in [5, 5.41) is 1.46. The van der Waals surface area contributed by atoms with E-state index in [2.05, 4.69) is 41.2 Å². The van der Waals surface area contributed by atoms with E-state index in [0.717, 1.165) is 23.0 Å². The molecule has 0 aliphatic rings. The Kier molecular flexibility index (Phi) is 4.61. The summed E-state index contributed by atoms with van der Waals surface area (Å²) in [6.45, 7) is 4.15. The Morgan fingerprint density at radius 3 is 2.72 bits per heavy atom. The fraction of sp³-hybridized carbons (Fsp3) is 0.286. The molecule has 2 aromatic rings. The predicted molar refractivity (Wildman–Crippen MR) is 77.2 cm³/mol. The third kappa shape index (κ3) is 3.47. The van der Waals surface area contributed by atoms with Crippen molar-refractivity contribution >= 4 is 23.4 Å². The molecule has 0 fully saturated rings. The van der Waals surface area contributed by atoms with Crippen LogP contribution >= 0.6 is 23.4 Å². The minimum atomic E-state index is 0.522. The number of halogens is 1. The Hall–Kier alpha value is -1.06. The monoisotopic (exact) mass is 278 g/mol. The average molecular weight is 279 g/mol. The van der Waals surface area contributed by atoms with Crippen LogP contribution in [0.2, 0.25) is 5.15 Å². The van der Waals surface area contributed by atoms with Crippen molar-refractivity contribution < 1.29 is 0 Å². The van der Waals surface area contributed by atoms with E-state index in [1.54, 1.807) is 11.8 Å². The van der Waals surface area contributed by atoms with E-state index < -0.39 is 0 Å². The maximum atomic E-state index is 5.98. The molecule has 1 aromatic carbocycles. The molecule has 0 spiro atoms. The molecule has 2 nitrogen and oxygen atoms in total. The first kappa shape index (κ1) is 13.4. The van der Waals surface area contributed by atoms with E-state index in [-0.39, 0.29) is 0 Å². The van der Waals surface area contributed by atoms with Crippen molar-refractivity contribution in [2.24, 2.45) is 0 Å². The SMILES string of the molecule is CCc1nc(Cl)cc(SCc2ccccc2C)n1. The maximum absolute atomic E-state index is 5.98. The molecule has 1 aromatic heterocycles. The molecular formula is C14H15ClN2S. The highest BCUT2D eigenvalue weighted by molar-refractivity contribution is 7.98. The van der Waals surface area contributed by atoms with Crippen LogP contribution in [0.4, 0.5) is 0 Å². The summed E-state index contributed by atoms with van der Waals surface area (Å²) < 4.78 is 0. The molecule has 0 radical (unpaired) electrons. The summed E-state index contributed by atoms with van der Waals surface area (Å²) in [5.74, 6) is 1.71. The number of aromatic nitrogens is 2. The largest absolute Gasteiger partial charge is 0.226 e. The van der Waals surface area contributed by atoms with Crippen molar-refractivity contribution in [1.82, 2.24) is 9.97 Å². The number of nitrogens with zero attached hydrogens (tertiary/aromatic N) is 2. The Balaban J connectivity index is 2.11. The molecular weight excluding hydrogens is 264 g/mol. The van der Waals surface area contributed by atoms with Crippen LogP contribution in [0.5, 0.6) is 0 Å². The topological polar surface area (TPSA) is 25.8 Å². The summed E-state index contributed by atoms with van der Waals surface area (Å²) in [4.78, 5) is 8.63. The summed E-state index contributed by atoms with van der Waals surface area (Å²) in [5.41, 5.74) is 2.64. The van der Waals surface area contributed by atoms with E-state index in [9.17, 15) is 0 Å². The molecule has 0 N–H and O–H groups in total. The van der Waals surface area contributed by atoms with Gasteiger partial charge < -0.3 is 0 Å². The van der Waals surface area contributed by atoms with Crippen LogP contribution in [-0.4, -0.2) is 9.97 Å². The number of hydrogen-bond acceptors (Lipinski definition) is 3. The summed E-state index contributed by atoms with van der Waals surface area (Å²) in [6, 6.07) is 10.2. The molecule has 0 saturated carbocycles. The third-order valence-corrected chi connectivity index (χ3v) is 3.82. The second-order valence-corrected chi connectivity index (χ2v) is 5.40. The van der Waals surface area contributed by atoms with Crippen LogP contribution in [0.15, 0.2) is 35.4 Å². The number of rotatable bonds is 4. The molecule has 0 aliphatic heterocycles. The zero-order chi connectivity index (χ0) is 13.0. The van der Waals surface area contributed by atoms with Crippen LogP contribution in [0.1, 0.15) is 23.9 Å². The van der Waals surface area contributed by atoms with Gasteiger partial charge in [-0.25, -0.2) is 9.97 Å². The molecule has 0 amide bonds. The van der Waals surface area contributed by atoms with Gasteiger partial charge in [0.2, 0.25) is 0 Å². The molecule has 1 heterocycles. The molecule has 0 unspecified atom stereocenters. The average Bonchev–Trinajstić information content (AvgIpc) is 2.37. The molecule has 0 saturated heterocycles. The summed E-state index contributed by atoms with van der Waals surface area (Å²) in [6.07, 6.45) is 0.804. The Labute approximate surface area is 117 Å². The molecule has 94 valence electrons. The molecule has 18 heavy (non-hydrogen) atoms. The van der Waals surface area contributed by atoms with Crippen LogP contribution in [0.25, 0.3) is 0 Å². The lowest BCUT2D eigenvalue weighted by molar-refractivity contribution is 0.889. The van der Waals surface area contributed by atoms with Gasteiger partial charge in [-0.3, -0.25) is 0 Å². The van der Waals surface area contributed by atoms with Crippen LogP contribution < -0.4 is 0 Å². The van der Waals surface area contributed by atoms with Crippen molar-refractivity contribution in [2.75, 3.05) is 0 Å². The zero-order valence-corrected chi connectivity index (χ0v) is 12.1. The van der Waals surface area contributed by atoms with E-state index in [0.29, 0.717) is 5.15 Å². The summed E-state index contributed by atoms with van der Waals surface area (Å²) in [7, 11) is 0. The molecule has 0 bridgehead atoms. The first-order valence-corrected chi connectivity index (χ1v) is 7.26. The van der Waals surface area contributed by atoms with Crippen LogP contribution in [0, 0.1) is 6.92 Å². The highest BCUT2D eigenvalue weighted by atomic mass is 35.5. The summed E-state index contributed by atoms with van der Waals surface area (Å²) >= 11 is 7.67. The van der Waals surface area contributed by atoms with Gasteiger partial charge in [0.25, 0.3) is 0 Å². The quantitative estimate of drug-likeness (QED) is 0.616. The number of thioether (sulfide) groups is 1. The van der Waals surface area contributed by atoms with Gasteiger partial charge in [-0.1, -0.05) is 42.8 Å². The van der Waals surface area contributed by atoms with Crippen LogP contribution in [-0.2, 0) is 12.2 Å². The Bertz CT molecular complexity index is 543. The number of benzene rings is 1. The van der Waals surface area contributed by atoms with Gasteiger partial charge in [-0.15, -0.1) is 11.8 Å². The third-order valence-electron chi connectivity index (χ3n) is 2.67. The minimum absolute atomic E-state index is 0.522. The smallest absolute Gasteiger partial charge is 0.133 e. The van der Waals surface area contributed by atoms with Crippen molar-refractivity contribution in [1.29, 1.82) is 0 Å². The fourth-order valence-electron chi connectivity index (χ4n) is 1.60. The standard InChI is InChI=1S/C14H15ClN2S/c1-3-13-16-12(15)8-14(17-13)18-9-11-7-5-4-6-10(11)2/h4-8H,3,9H2,1-2H3. The Morgan fingerprint density at radius 2 is 2.00 bits per heavy atom. The Morgan fingerprint density at radius 1 is 1.22 bits per heavy atom. The first-order chi connectivity index (χ1) is 8.69. The fourth-order valence-corrected chi connectivity index (χ4v) is 2.86. The van der Waals surface area contributed by atoms with E-state index in [1.165, 1.54) is 11.1 Å². The van der Waals surface area contributed by atoms with Crippen LogP contribution in [0.3, 0.4) is 0 Å². The van der Waals surface area contributed by atoms with Crippen molar-refractivity contribution in [3.63, 3.8) is 0 Å². The van der Waals surface area contributed by atoms with Gasteiger partial charge in [0.1, 0.15) is 16.0 Å². The van der Waals surface area contributed by atoms with Crippen molar-refractivity contribution in [3.05, 3.63) is 52.4 Å². The molecule has 4 heteroatoms. The highest BCUT2D eigenvalue weighted by Gasteiger charge is 2.04. The number of aryl methyl sites for hydroxylation is 2. The van der Waals surface area contributed by atoms with E-state index in [4.69, 9.17) is 11.6 Å². The van der Waals surface area contributed by atoms with Gasteiger partial charge in [-0.05, 0) is 18.1 Å². The lowest BCUT2D eigenvalue weighted by atomic mass is 10.1. The second kappa shape index (κ2) is 6.21.